The zero-order valence-corrected chi connectivity index (χ0v) is 16.7. The number of carbonyl (C=O) groups is 2. The maximum absolute atomic E-state index is 12.2. The molecule has 0 saturated heterocycles. The lowest BCUT2D eigenvalue weighted by molar-refractivity contribution is -0.149. The fraction of sp³-hybridized carbons (Fsp3) is 0.333. The molecule has 29 heavy (non-hydrogen) atoms. The number of hydrogen-bond donors (Lipinski definition) is 1. The largest absolute Gasteiger partial charge is 0.481 e. The van der Waals surface area contributed by atoms with Gasteiger partial charge in [-0.3, -0.25) is 4.79 Å². The molecule has 3 rings (SSSR count). The van der Waals surface area contributed by atoms with Gasteiger partial charge in [-0.25, -0.2) is 4.79 Å². The molecule has 0 unspecified atom stereocenters. The molecular formula is C21H19N3O4S. The van der Waals surface area contributed by atoms with Crippen molar-refractivity contribution in [1.29, 1.82) is 10.5 Å². The molecule has 1 aromatic carbocycles. The molecule has 0 spiro atoms. The Balaban J connectivity index is 1.52. The number of hydrogen-bond acceptors (Lipinski definition) is 7. The minimum Gasteiger partial charge on any atom is -0.481 e. The number of rotatable bonds is 6. The van der Waals surface area contributed by atoms with Gasteiger partial charge in [0.05, 0.1) is 11.1 Å². The summed E-state index contributed by atoms with van der Waals surface area (Å²) in [5.41, 5.74) is 1.83. The van der Waals surface area contributed by atoms with Gasteiger partial charge in [-0.15, -0.1) is 11.3 Å². The number of anilines is 1. The van der Waals surface area contributed by atoms with Crippen LogP contribution < -0.4 is 10.1 Å². The molecule has 1 atom stereocenters. The summed E-state index contributed by atoms with van der Waals surface area (Å²) < 4.78 is 10.2. The zero-order valence-electron chi connectivity index (χ0n) is 15.9. The number of fused-ring (bicyclic) bond motifs is 1. The van der Waals surface area contributed by atoms with E-state index >= 15 is 0 Å². The maximum Gasteiger partial charge on any atom is 0.344 e. The number of ether oxygens (including phenoxy) is 2. The summed E-state index contributed by atoms with van der Waals surface area (Å²) in [6.07, 6.45) is 2.77. The average Bonchev–Trinajstić information content (AvgIpc) is 3.06. The van der Waals surface area contributed by atoms with Crippen molar-refractivity contribution in [2.24, 2.45) is 5.92 Å². The standard InChI is InChI=1S/C21H19N3O4S/c1-13-6-7-15-16(10-23)21(29-18(15)8-13)24-19(25)11-28-20(26)12-27-17-5-3-2-4-14(17)9-22/h2-5,13H,6-8,11-12H2,1H3,(H,24,25)/t13-/m0/s1. The van der Waals surface area contributed by atoms with Crippen molar-refractivity contribution in [3.8, 4) is 17.9 Å². The van der Waals surface area contributed by atoms with Gasteiger partial charge in [-0.1, -0.05) is 19.1 Å². The van der Waals surface area contributed by atoms with Crippen LogP contribution in [0.3, 0.4) is 0 Å². The predicted octanol–water partition coefficient (Wildman–Crippen LogP) is 3.18. The summed E-state index contributed by atoms with van der Waals surface area (Å²) >= 11 is 1.41. The monoisotopic (exact) mass is 409 g/mol. The van der Waals surface area contributed by atoms with E-state index < -0.39 is 25.1 Å². The number of amides is 1. The smallest absolute Gasteiger partial charge is 0.344 e. The van der Waals surface area contributed by atoms with Gasteiger partial charge in [0.25, 0.3) is 5.91 Å². The summed E-state index contributed by atoms with van der Waals surface area (Å²) in [6, 6.07) is 10.7. The molecule has 7 nitrogen and oxygen atoms in total. The van der Waals surface area contributed by atoms with Gasteiger partial charge in [-0.2, -0.15) is 10.5 Å². The third-order valence-corrected chi connectivity index (χ3v) is 5.76. The van der Waals surface area contributed by atoms with Crippen molar-refractivity contribution >= 4 is 28.2 Å². The summed E-state index contributed by atoms with van der Waals surface area (Å²) in [5.74, 6) is -0.413. The second-order valence-corrected chi connectivity index (χ2v) is 7.88. The zero-order chi connectivity index (χ0) is 20.8. The minimum absolute atomic E-state index is 0.272. The van der Waals surface area contributed by atoms with Gasteiger partial charge >= 0.3 is 5.97 Å². The maximum atomic E-state index is 12.2. The topological polar surface area (TPSA) is 112 Å². The van der Waals surface area contributed by atoms with Gasteiger partial charge in [0.2, 0.25) is 0 Å². The lowest BCUT2D eigenvalue weighted by Gasteiger charge is -2.17. The second kappa shape index (κ2) is 9.22. The van der Waals surface area contributed by atoms with Gasteiger partial charge < -0.3 is 14.8 Å². The quantitative estimate of drug-likeness (QED) is 0.733. The van der Waals surface area contributed by atoms with Crippen LogP contribution in [-0.2, 0) is 27.2 Å². The lowest BCUT2D eigenvalue weighted by Crippen LogP contribution is -2.23. The number of carbonyl (C=O) groups excluding carboxylic acids is 2. The Bertz CT molecular complexity index is 1020. The van der Waals surface area contributed by atoms with E-state index in [0.717, 1.165) is 29.7 Å². The van der Waals surface area contributed by atoms with E-state index in [2.05, 4.69) is 18.3 Å². The van der Waals surface area contributed by atoms with Crippen LogP contribution in [0, 0.1) is 28.6 Å². The molecule has 0 saturated carbocycles. The Labute approximate surface area is 172 Å². The molecule has 1 aromatic heterocycles. The number of nitrogens with zero attached hydrogens (tertiary/aromatic N) is 2. The Kier molecular flexibility index (Phi) is 6.48. The van der Waals surface area contributed by atoms with E-state index in [-0.39, 0.29) is 5.75 Å². The van der Waals surface area contributed by atoms with Crippen molar-refractivity contribution in [3.63, 3.8) is 0 Å². The molecular weight excluding hydrogens is 390 g/mol. The van der Waals surface area contributed by atoms with E-state index in [0.29, 0.717) is 22.0 Å². The van der Waals surface area contributed by atoms with E-state index in [4.69, 9.17) is 14.7 Å². The molecule has 1 heterocycles. The summed E-state index contributed by atoms with van der Waals surface area (Å²) in [5, 5.41) is 21.6. The number of esters is 1. The van der Waals surface area contributed by atoms with Crippen LogP contribution in [0.5, 0.6) is 5.75 Å². The molecule has 1 amide bonds. The molecule has 148 valence electrons. The molecule has 0 aliphatic heterocycles. The lowest BCUT2D eigenvalue weighted by atomic mass is 9.89. The first-order valence-corrected chi connectivity index (χ1v) is 9.95. The van der Waals surface area contributed by atoms with Gasteiger partial charge in [0.15, 0.2) is 13.2 Å². The Morgan fingerprint density at radius 1 is 1.24 bits per heavy atom. The molecule has 1 aliphatic carbocycles. The van der Waals surface area contributed by atoms with Crippen LogP contribution in [0.25, 0.3) is 0 Å². The predicted molar refractivity (Wildman–Crippen MR) is 106 cm³/mol. The minimum atomic E-state index is -0.729. The average molecular weight is 409 g/mol. The fourth-order valence-corrected chi connectivity index (χ4v) is 4.51. The van der Waals surface area contributed by atoms with Gasteiger partial charge in [0, 0.05) is 4.88 Å². The van der Waals surface area contributed by atoms with Crippen LogP contribution in [0.1, 0.15) is 34.9 Å². The molecule has 0 fully saturated rings. The SMILES string of the molecule is C[C@H]1CCc2c(sc(NC(=O)COC(=O)COc3ccccc3C#N)c2C#N)C1. The Hall–Kier alpha value is -3.36. The number of benzene rings is 1. The van der Waals surface area contributed by atoms with E-state index in [1.54, 1.807) is 24.3 Å². The van der Waals surface area contributed by atoms with Crippen molar-refractivity contribution in [2.45, 2.75) is 26.2 Å². The first kappa shape index (κ1) is 20.4. The van der Waals surface area contributed by atoms with Crippen LogP contribution in [-0.4, -0.2) is 25.1 Å². The first-order chi connectivity index (χ1) is 14.0. The van der Waals surface area contributed by atoms with Gasteiger partial charge in [-0.05, 0) is 42.9 Å². The number of nitrogens with one attached hydrogen (secondary N) is 1. The Morgan fingerprint density at radius 3 is 2.79 bits per heavy atom. The third-order valence-electron chi connectivity index (χ3n) is 4.59. The van der Waals surface area contributed by atoms with E-state index in [1.165, 1.54) is 11.3 Å². The Morgan fingerprint density at radius 2 is 2.03 bits per heavy atom. The molecule has 1 aliphatic rings. The van der Waals surface area contributed by atoms with Crippen molar-refractivity contribution in [1.82, 2.24) is 0 Å². The van der Waals surface area contributed by atoms with E-state index in [9.17, 15) is 14.9 Å². The number of nitriles is 2. The summed E-state index contributed by atoms with van der Waals surface area (Å²) in [4.78, 5) is 25.1. The number of thiophene rings is 1. The molecule has 8 heteroatoms. The highest BCUT2D eigenvalue weighted by Crippen LogP contribution is 2.39. The fourth-order valence-electron chi connectivity index (χ4n) is 3.13. The normalized spacial score (nSPS) is 14.8. The van der Waals surface area contributed by atoms with E-state index in [1.807, 2.05) is 6.07 Å². The number of para-hydroxylation sites is 1. The molecule has 0 radical (unpaired) electrons. The van der Waals surface area contributed by atoms with Crippen LogP contribution in [0.4, 0.5) is 5.00 Å². The summed E-state index contributed by atoms with van der Waals surface area (Å²) in [7, 11) is 0. The van der Waals surface area contributed by atoms with Crippen molar-refractivity contribution in [2.75, 3.05) is 18.5 Å². The van der Waals surface area contributed by atoms with Gasteiger partial charge in [0.1, 0.15) is 22.9 Å². The van der Waals surface area contributed by atoms with Crippen LogP contribution in [0.2, 0.25) is 0 Å². The van der Waals surface area contributed by atoms with Crippen LogP contribution in [0.15, 0.2) is 24.3 Å². The highest BCUT2D eigenvalue weighted by atomic mass is 32.1. The van der Waals surface area contributed by atoms with Crippen molar-refractivity contribution < 1.29 is 19.1 Å². The first-order valence-electron chi connectivity index (χ1n) is 9.13. The highest BCUT2D eigenvalue weighted by Gasteiger charge is 2.24. The third kappa shape index (κ3) is 4.92. The second-order valence-electron chi connectivity index (χ2n) is 6.77. The highest BCUT2D eigenvalue weighted by molar-refractivity contribution is 7.16. The molecule has 1 N–H and O–H groups in total. The molecule has 0 bridgehead atoms. The van der Waals surface area contributed by atoms with Crippen molar-refractivity contribution in [3.05, 3.63) is 45.8 Å². The molecule has 2 aromatic rings. The van der Waals surface area contributed by atoms with Crippen LogP contribution >= 0.6 is 11.3 Å². The summed E-state index contributed by atoms with van der Waals surface area (Å²) in [6.45, 7) is 1.27.